The van der Waals surface area contributed by atoms with Gasteiger partial charge >= 0.3 is 0 Å². The number of likely N-dealkylation sites (tertiary alicyclic amines) is 1. The molecule has 1 aromatic carbocycles. The summed E-state index contributed by atoms with van der Waals surface area (Å²) in [4.78, 5) is 24.2. The van der Waals surface area contributed by atoms with Crippen molar-refractivity contribution in [2.24, 2.45) is 5.41 Å². The number of amides is 1. The number of imidazole rings is 1. The van der Waals surface area contributed by atoms with E-state index < -0.39 is 5.82 Å². The van der Waals surface area contributed by atoms with E-state index >= 15 is 4.39 Å². The highest BCUT2D eigenvalue weighted by atomic mass is 19.1. The van der Waals surface area contributed by atoms with Gasteiger partial charge in [-0.3, -0.25) is 14.3 Å². The van der Waals surface area contributed by atoms with Crippen LogP contribution < -0.4 is 10.6 Å². The lowest BCUT2D eigenvalue weighted by Crippen LogP contribution is -2.58. The molecule has 0 unspecified atom stereocenters. The highest BCUT2D eigenvalue weighted by molar-refractivity contribution is 5.95. The van der Waals surface area contributed by atoms with Gasteiger partial charge in [0.15, 0.2) is 11.5 Å². The molecule has 0 bridgehead atoms. The second-order valence-corrected chi connectivity index (χ2v) is 10.3. The SMILES string of the molecule is O=C(c1ccc(Nc2nc(C3CC3)cn3c(-c4cn[nH]c4)cnc23)c(F)c1)N1CCC2(CC1)CNC2. The number of aromatic nitrogens is 5. The Bertz CT molecular complexity index is 1440. The minimum absolute atomic E-state index is 0.114. The number of carbonyl (C=O) groups excluding carboxylic acids is 1. The van der Waals surface area contributed by atoms with Crippen molar-refractivity contribution in [3.8, 4) is 11.3 Å². The van der Waals surface area contributed by atoms with Gasteiger partial charge in [0.2, 0.25) is 0 Å². The number of fused-ring (bicyclic) bond motifs is 1. The molecule has 1 amide bonds. The predicted octanol–water partition coefficient (Wildman–Crippen LogP) is 3.71. The maximum absolute atomic E-state index is 15.2. The molecule has 3 aromatic heterocycles. The number of H-pyrrole nitrogens is 1. The first-order chi connectivity index (χ1) is 17.6. The summed E-state index contributed by atoms with van der Waals surface area (Å²) in [6, 6.07) is 4.63. The molecule has 9 nitrogen and oxygen atoms in total. The molecule has 0 radical (unpaired) electrons. The quantitative estimate of drug-likeness (QED) is 0.398. The Labute approximate surface area is 207 Å². The minimum atomic E-state index is -0.490. The number of carbonyl (C=O) groups is 1. The highest BCUT2D eigenvalue weighted by Crippen LogP contribution is 2.40. The fourth-order valence-electron chi connectivity index (χ4n) is 5.35. The summed E-state index contributed by atoms with van der Waals surface area (Å²) in [7, 11) is 0. The first-order valence-electron chi connectivity index (χ1n) is 12.5. The molecule has 0 atom stereocenters. The maximum atomic E-state index is 15.2. The summed E-state index contributed by atoms with van der Waals surface area (Å²) in [6.07, 6.45) is 11.5. The monoisotopic (exact) mass is 486 g/mol. The molecular formula is C26H27FN8O. The Morgan fingerprint density at radius 3 is 2.67 bits per heavy atom. The summed E-state index contributed by atoms with van der Waals surface area (Å²) in [5.41, 5.74) is 4.33. The molecule has 3 aliphatic rings. The van der Waals surface area contributed by atoms with Crippen LogP contribution >= 0.6 is 0 Å². The molecule has 4 aromatic rings. The molecule has 2 aliphatic heterocycles. The topological polar surface area (TPSA) is 103 Å². The van der Waals surface area contributed by atoms with Crippen LogP contribution in [-0.2, 0) is 0 Å². The lowest BCUT2D eigenvalue weighted by Gasteiger charge is -2.48. The number of benzene rings is 1. The third-order valence-corrected chi connectivity index (χ3v) is 7.88. The van der Waals surface area contributed by atoms with Gasteiger partial charge in [0.25, 0.3) is 5.91 Å². The molecule has 7 rings (SSSR count). The van der Waals surface area contributed by atoms with Crippen LogP contribution in [0.1, 0.15) is 47.7 Å². The average molecular weight is 487 g/mol. The van der Waals surface area contributed by atoms with E-state index in [1.54, 1.807) is 24.5 Å². The maximum Gasteiger partial charge on any atom is 0.253 e. The van der Waals surface area contributed by atoms with Gasteiger partial charge in [-0.15, -0.1) is 0 Å². The molecule has 3 fully saturated rings. The Hall–Kier alpha value is -3.79. The van der Waals surface area contributed by atoms with Crippen molar-refractivity contribution in [1.29, 1.82) is 0 Å². The van der Waals surface area contributed by atoms with E-state index in [1.807, 2.05) is 21.7 Å². The van der Waals surface area contributed by atoms with Gasteiger partial charge in [-0.2, -0.15) is 5.10 Å². The molecule has 2 saturated heterocycles. The summed E-state index contributed by atoms with van der Waals surface area (Å²) < 4.78 is 17.2. The van der Waals surface area contributed by atoms with Gasteiger partial charge in [-0.1, -0.05) is 0 Å². The molecule has 1 aliphatic carbocycles. The zero-order valence-corrected chi connectivity index (χ0v) is 19.8. The normalized spacial score (nSPS) is 19.0. The first-order valence-corrected chi connectivity index (χ1v) is 12.5. The van der Waals surface area contributed by atoms with Crippen molar-refractivity contribution in [3.63, 3.8) is 0 Å². The molecule has 10 heteroatoms. The lowest BCUT2D eigenvalue weighted by atomic mass is 9.73. The molecule has 3 N–H and O–H groups in total. The number of nitrogens with zero attached hydrogens (tertiary/aromatic N) is 5. The minimum Gasteiger partial charge on any atom is -0.339 e. The smallest absolute Gasteiger partial charge is 0.253 e. The number of anilines is 2. The van der Waals surface area contributed by atoms with E-state index in [2.05, 4.69) is 25.8 Å². The summed E-state index contributed by atoms with van der Waals surface area (Å²) >= 11 is 0. The number of rotatable bonds is 5. The standard InChI is InChI=1S/C26H27FN8O/c27-19-9-17(25(36)34-7-5-26(6-8-34)14-28-15-26)3-4-20(19)32-23-24-29-12-22(18-10-30-31-11-18)35(24)13-21(33-23)16-1-2-16/h3-4,9-13,16,28H,1-2,5-8,14-15H2,(H,30,31)(H,32,33). The van der Waals surface area contributed by atoms with Crippen LogP contribution in [-0.4, -0.2) is 61.6 Å². The fraction of sp³-hybridized carbons (Fsp3) is 0.385. The molecule has 1 saturated carbocycles. The van der Waals surface area contributed by atoms with Gasteiger partial charge in [0, 0.05) is 55.6 Å². The van der Waals surface area contributed by atoms with Gasteiger partial charge in [-0.25, -0.2) is 14.4 Å². The number of aromatic amines is 1. The Balaban J connectivity index is 1.16. The molecular weight excluding hydrogens is 459 g/mol. The second kappa shape index (κ2) is 8.12. The largest absolute Gasteiger partial charge is 0.339 e. The zero-order chi connectivity index (χ0) is 24.3. The van der Waals surface area contributed by atoms with Crippen molar-refractivity contribution in [3.05, 3.63) is 60.1 Å². The van der Waals surface area contributed by atoms with Crippen molar-refractivity contribution in [2.75, 3.05) is 31.5 Å². The molecule has 1 spiro atoms. The zero-order valence-electron chi connectivity index (χ0n) is 19.8. The fourth-order valence-corrected chi connectivity index (χ4v) is 5.35. The van der Waals surface area contributed by atoms with Crippen LogP contribution in [0.5, 0.6) is 0 Å². The molecule has 184 valence electrons. The van der Waals surface area contributed by atoms with Gasteiger partial charge in [-0.05, 0) is 49.3 Å². The van der Waals surface area contributed by atoms with E-state index in [1.165, 1.54) is 6.07 Å². The van der Waals surface area contributed by atoms with E-state index in [4.69, 9.17) is 4.98 Å². The van der Waals surface area contributed by atoms with Crippen LogP contribution in [0.25, 0.3) is 16.9 Å². The average Bonchev–Trinajstić information content (AvgIpc) is 3.41. The Kier molecular flexibility index (Phi) is 4.85. The van der Waals surface area contributed by atoms with Crippen LogP contribution in [0.3, 0.4) is 0 Å². The lowest BCUT2D eigenvalue weighted by molar-refractivity contribution is 0.0414. The van der Waals surface area contributed by atoms with Crippen molar-refractivity contribution in [1.82, 2.24) is 34.8 Å². The molecule has 5 heterocycles. The number of hydrogen-bond acceptors (Lipinski definition) is 6. The number of halogens is 1. The third-order valence-electron chi connectivity index (χ3n) is 7.88. The predicted molar refractivity (Wildman–Crippen MR) is 133 cm³/mol. The van der Waals surface area contributed by atoms with Crippen LogP contribution in [0.4, 0.5) is 15.9 Å². The van der Waals surface area contributed by atoms with Gasteiger partial charge < -0.3 is 15.5 Å². The second-order valence-electron chi connectivity index (χ2n) is 10.3. The third kappa shape index (κ3) is 3.63. The number of nitrogens with one attached hydrogen (secondary N) is 3. The van der Waals surface area contributed by atoms with Crippen LogP contribution in [0, 0.1) is 11.2 Å². The summed E-state index contributed by atoms with van der Waals surface area (Å²) in [6.45, 7) is 3.51. The van der Waals surface area contributed by atoms with Crippen molar-refractivity contribution >= 4 is 23.1 Å². The first kappa shape index (κ1) is 21.5. The number of piperidine rings is 1. The number of hydrogen-bond donors (Lipinski definition) is 3. The van der Waals surface area contributed by atoms with Crippen LogP contribution in [0.15, 0.2) is 43.0 Å². The Morgan fingerprint density at radius 2 is 2.00 bits per heavy atom. The highest BCUT2D eigenvalue weighted by Gasteiger charge is 2.40. The van der Waals surface area contributed by atoms with Crippen molar-refractivity contribution in [2.45, 2.75) is 31.6 Å². The van der Waals surface area contributed by atoms with E-state index in [-0.39, 0.29) is 11.6 Å². The summed E-state index contributed by atoms with van der Waals surface area (Å²) in [5.74, 6) is 0.286. The van der Waals surface area contributed by atoms with Crippen molar-refractivity contribution < 1.29 is 9.18 Å². The Morgan fingerprint density at radius 1 is 1.17 bits per heavy atom. The van der Waals surface area contributed by atoms with Gasteiger partial charge in [0.1, 0.15) is 5.82 Å². The van der Waals surface area contributed by atoms with Gasteiger partial charge in [0.05, 0.1) is 29.5 Å². The van der Waals surface area contributed by atoms with E-state index in [0.717, 1.165) is 68.8 Å². The van der Waals surface area contributed by atoms with Crippen LogP contribution in [0.2, 0.25) is 0 Å². The van der Waals surface area contributed by atoms with E-state index in [0.29, 0.717) is 28.4 Å². The van der Waals surface area contributed by atoms with E-state index in [9.17, 15) is 4.79 Å². The summed E-state index contributed by atoms with van der Waals surface area (Å²) in [5, 5.41) is 13.4. The molecule has 36 heavy (non-hydrogen) atoms.